The zero-order valence-electron chi connectivity index (χ0n) is 71.8. The molecule has 0 saturated carbocycles. The van der Waals surface area contributed by atoms with Gasteiger partial charge in [0.25, 0.3) is 0 Å². The molecule has 0 bridgehead atoms. The monoisotopic (exact) mass is 1640 g/mol. The van der Waals surface area contributed by atoms with Gasteiger partial charge >= 0.3 is 31.5 Å². The fourth-order valence-corrected chi connectivity index (χ4v) is 16.0. The van der Waals surface area contributed by atoms with E-state index in [1.807, 2.05) is 54.6 Å². The molecule has 1 saturated heterocycles. The minimum atomic E-state index is -5.00. The van der Waals surface area contributed by atoms with Gasteiger partial charge in [-0.15, -0.1) is 0 Å². The van der Waals surface area contributed by atoms with Gasteiger partial charge in [0.2, 0.25) is 11.8 Å². The maximum atomic E-state index is 15.1. The second-order valence-electron chi connectivity index (χ2n) is 33.0. The van der Waals surface area contributed by atoms with E-state index in [0.717, 1.165) is 205 Å². The Bertz CT molecular complexity index is 3050. The molecule has 20 nitrogen and oxygen atoms in total. The van der Waals surface area contributed by atoms with Crippen LogP contribution in [-0.4, -0.2) is 130 Å². The number of benzene rings is 3. The summed E-state index contributed by atoms with van der Waals surface area (Å²) in [7, 11) is -5.00. The summed E-state index contributed by atoms with van der Waals surface area (Å²) < 4.78 is 49.9. The van der Waals surface area contributed by atoms with Crippen LogP contribution in [0.5, 0.6) is 0 Å². The Hall–Kier alpha value is -5.86. The van der Waals surface area contributed by atoms with Gasteiger partial charge in [0.05, 0.1) is 38.0 Å². The number of aliphatic carboxylic acids is 1. The molecule has 116 heavy (non-hydrogen) atoms. The minimum absolute atomic E-state index is 0.135. The second-order valence-corrected chi connectivity index (χ2v) is 34.6. The number of aliphatic hydroxyl groups excluding tert-OH is 1. The summed E-state index contributed by atoms with van der Waals surface area (Å²) in [6.45, 7) is 4.96. The third-order valence-electron chi connectivity index (χ3n) is 22.4. The number of hydrogen-bond donors (Lipinski definition) is 6. The van der Waals surface area contributed by atoms with Gasteiger partial charge in [-0.3, -0.25) is 38.1 Å². The average molecular weight is 1640 g/mol. The number of esters is 3. The van der Waals surface area contributed by atoms with E-state index in [0.29, 0.717) is 57.8 Å². The number of ketones is 1. The number of rotatable bonds is 75. The van der Waals surface area contributed by atoms with Crippen LogP contribution < -0.4 is 10.6 Å². The number of carboxylic acid groups (broad SMARTS) is 1. The van der Waals surface area contributed by atoms with Crippen LogP contribution in [-0.2, 0) is 85.8 Å². The molecule has 3 aromatic carbocycles. The molecule has 3 aromatic rings. The van der Waals surface area contributed by atoms with E-state index in [1.165, 1.54) is 61.6 Å². The lowest BCUT2D eigenvalue weighted by molar-refractivity contribution is -0.258. The van der Waals surface area contributed by atoms with E-state index in [2.05, 4.69) is 67.8 Å². The Morgan fingerprint density at radius 2 is 0.707 bits per heavy atom. The van der Waals surface area contributed by atoms with Gasteiger partial charge in [-0.1, -0.05) is 324 Å². The molecule has 1 fully saturated rings. The first-order valence-electron chi connectivity index (χ1n) is 46.0. The molecule has 21 heteroatoms. The van der Waals surface area contributed by atoms with Crippen LogP contribution in [0, 0.1) is 5.92 Å². The van der Waals surface area contributed by atoms with Crippen LogP contribution >= 0.6 is 7.60 Å². The highest BCUT2D eigenvalue weighted by Gasteiger charge is 2.50. The fraction of sp³-hybridized carbons (Fsp3) is 0.737. The molecule has 4 rings (SSSR count). The topological polar surface area (TPSA) is 297 Å². The fourth-order valence-electron chi connectivity index (χ4n) is 15.6. The van der Waals surface area contributed by atoms with Crippen LogP contribution in [0.4, 0.5) is 0 Å². The number of carbonyl (C=O) groups excluding carboxylic acids is 6. The van der Waals surface area contributed by atoms with Crippen molar-refractivity contribution < 1.29 is 86.5 Å². The summed E-state index contributed by atoms with van der Waals surface area (Å²) >= 11 is 0. The van der Waals surface area contributed by atoms with Crippen molar-refractivity contribution in [3.63, 3.8) is 0 Å². The number of carbonyl (C=O) groups is 7. The summed E-state index contributed by atoms with van der Waals surface area (Å²) in [6, 6.07) is 27.8. The molecule has 0 spiro atoms. The summed E-state index contributed by atoms with van der Waals surface area (Å²) in [4.78, 5) is 120. The van der Waals surface area contributed by atoms with Crippen LogP contribution in [0.1, 0.15) is 371 Å². The summed E-state index contributed by atoms with van der Waals surface area (Å²) in [5, 5.41) is 28.0. The maximum Gasteiger partial charge on any atom is 0.350 e. The van der Waals surface area contributed by atoms with Crippen molar-refractivity contribution in [2.24, 2.45) is 5.92 Å². The van der Waals surface area contributed by atoms with Gasteiger partial charge < -0.3 is 59.1 Å². The first-order valence-corrected chi connectivity index (χ1v) is 47.8. The Labute approximate surface area is 698 Å². The number of aliphatic hydroxyl groups is 1. The molecule has 0 aromatic heterocycles. The van der Waals surface area contributed by atoms with E-state index in [4.69, 9.17) is 28.4 Å². The van der Waals surface area contributed by atoms with Crippen molar-refractivity contribution in [1.29, 1.82) is 0 Å². The highest BCUT2D eigenvalue weighted by molar-refractivity contribution is 7.51. The molecular formula is C95H155N2O18P. The number of unbranched alkanes of at least 4 members (excludes halogenated alkanes) is 36. The smallest absolute Gasteiger partial charge is 0.350 e. The Morgan fingerprint density at radius 3 is 1.03 bits per heavy atom. The van der Waals surface area contributed by atoms with Crippen LogP contribution in [0.15, 0.2) is 91.0 Å². The van der Waals surface area contributed by atoms with Crippen LogP contribution in [0.25, 0.3) is 0 Å². The molecule has 6 N–H and O–H groups in total. The first kappa shape index (κ1) is 102. The lowest BCUT2D eigenvalue weighted by Gasteiger charge is -2.46. The standard InChI is InChI=1S/C95H155N2O18P/c1-4-7-10-13-16-19-22-31-49-64-82(112-88(102)67-52-34-25-28-40-55-77-58-43-37-44-59-77)71-81(99)70-80(94(105)106)75-110-95-92(97-87(101)73-84(66-51-33-24-21-18-15-12-9-6-3)114-90(104)69-54-36-27-30-42-57-79-62-47-39-48-63-79)91(93(85(74-98)115-95)111-76-116(107,108)109)96-86(100)72-83(65-50-32-23-20-17-14-11-8-5-2)113-89(103)68-53-35-26-29-41-56-78-60-45-38-46-61-78/h37-39,43-48,58-63,80,82-85,91-93,95,98H,4-36,40-42,49-57,64-76H2,1-3H3,(H,96,100)(H,97,101)(H,105,106)(H2,107,108,109)/t80-,82+,83+,84+,85?,91+,92?,93+,95+/m0/s1. The van der Waals surface area contributed by atoms with Crippen molar-refractivity contribution in [1.82, 2.24) is 10.6 Å². The maximum absolute atomic E-state index is 15.1. The Balaban J connectivity index is 1.65. The largest absolute Gasteiger partial charge is 0.481 e. The number of amides is 2. The normalized spacial score (nSPS) is 16.6. The lowest BCUT2D eigenvalue weighted by atomic mass is 9.92. The van der Waals surface area contributed by atoms with E-state index >= 15 is 9.59 Å². The molecule has 2 unspecified atom stereocenters. The third-order valence-corrected chi connectivity index (χ3v) is 22.9. The lowest BCUT2D eigenvalue weighted by Crippen LogP contribution is -2.70. The van der Waals surface area contributed by atoms with Gasteiger partial charge in [-0.05, 0) is 113 Å². The zero-order chi connectivity index (χ0) is 83.7. The number of hydrogen-bond acceptors (Lipinski definition) is 15. The highest BCUT2D eigenvalue weighted by atomic mass is 31.2. The van der Waals surface area contributed by atoms with Gasteiger partial charge in [0.15, 0.2) is 6.29 Å². The minimum Gasteiger partial charge on any atom is -0.481 e. The molecule has 2 amide bonds. The molecule has 1 heterocycles. The van der Waals surface area contributed by atoms with Gasteiger partial charge in [0.1, 0.15) is 48.7 Å². The predicted molar refractivity (Wildman–Crippen MR) is 461 cm³/mol. The van der Waals surface area contributed by atoms with Crippen molar-refractivity contribution in [2.75, 3.05) is 19.6 Å². The van der Waals surface area contributed by atoms with E-state index in [1.54, 1.807) is 0 Å². The van der Waals surface area contributed by atoms with E-state index < -0.39 is 130 Å². The van der Waals surface area contributed by atoms with Crippen molar-refractivity contribution in [3.05, 3.63) is 108 Å². The molecular weight excluding hydrogens is 1490 g/mol. The number of ether oxygens (including phenoxy) is 6. The van der Waals surface area contributed by atoms with Crippen LogP contribution in [0.3, 0.4) is 0 Å². The Kier molecular flexibility index (Phi) is 59.1. The third kappa shape index (κ3) is 52.2. The highest BCUT2D eigenvalue weighted by Crippen LogP contribution is 2.37. The molecule has 0 radical (unpaired) electrons. The molecule has 658 valence electrons. The average Bonchev–Trinajstić information content (AvgIpc) is 0.783. The van der Waals surface area contributed by atoms with Crippen LogP contribution in [0.2, 0.25) is 0 Å². The number of carboxylic acids is 1. The molecule has 1 aliphatic heterocycles. The SMILES string of the molecule is CCCCCCCCCCC[C@H](CC(=O)C[C@@H](CO[C@@H]1OC(CO)[C@@H](OCP(=O)(O)O)[C@H](NC(=O)C[C@@H](CCCCCCCCCCC)OC(=O)CCCCCCCc2ccccc2)C1NC(=O)C[C@@H](CCCCCCCCCCC)OC(=O)CCCCCCCc1ccccc1)C(=O)O)OC(=O)CCCCCCCc1ccccc1. The van der Waals surface area contributed by atoms with Gasteiger partial charge in [-0.2, -0.15) is 0 Å². The number of Topliss-reactive ketones (excluding diaryl/α,β-unsaturated/α-hetero) is 1. The summed E-state index contributed by atoms with van der Waals surface area (Å²) in [5.41, 5.74) is 3.85. The van der Waals surface area contributed by atoms with Crippen molar-refractivity contribution in [2.45, 2.75) is 423 Å². The number of nitrogens with one attached hydrogen (secondary N) is 2. The van der Waals surface area contributed by atoms with E-state index in [-0.39, 0.29) is 38.5 Å². The van der Waals surface area contributed by atoms with Gasteiger partial charge in [0, 0.05) is 32.1 Å². The number of aryl methyl sites for hydroxylation is 3. The van der Waals surface area contributed by atoms with Gasteiger partial charge in [-0.25, -0.2) is 0 Å². The molecule has 0 aliphatic carbocycles. The predicted octanol–water partition coefficient (Wildman–Crippen LogP) is 21.3. The molecule has 9 atom stereocenters. The molecule has 1 aliphatic rings. The van der Waals surface area contributed by atoms with Crippen molar-refractivity contribution in [3.8, 4) is 0 Å². The quantitative estimate of drug-likeness (QED) is 0.0132. The zero-order valence-corrected chi connectivity index (χ0v) is 72.7. The summed E-state index contributed by atoms with van der Waals surface area (Å²) in [6.07, 6.45) is 35.4. The first-order chi connectivity index (χ1) is 56.4. The summed E-state index contributed by atoms with van der Waals surface area (Å²) in [5.74, 6) is -6.20. The van der Waals surface area contributed by atoms with E-state index in [9.17, 15) is 48.5 Å². The second kappa shape index (κ2) is 66.9. The van der Waals surface area contributed by atoms with Crippen molar-refractivity contribution >= 4 is 49.1 Å². The Morgan fingerprint density at radius 1 is 0.397 bits per heavy atom.